The number of rotatable bonds is 3. The van der Waals surface area contributed by atoms with Crippen LogP contribution >= 0.6 is 0 Å². The average Bonchev–Trinajstić information content (AvgIpc) is 2.71. The summed E-state index contributed by atoms with van der Waals surface area (Å²) in [5.41, 5.74) is -2.87. The summed E-state index contributed by atoms with van der Waals surface area (Å²) in [5.74, 6) is 0.475. The van der Waals surface area contributed by atoms with Gasteiger partial charge in [-0.1, -0.05) is 31.2 Å². The van der Waals surface area contributed by atoms with Crippen LogP contribution < -0.4 is 4.74 Å². The highest BCUT2D eigenvalue weighted by molar-refractivity contribution is 6.02. The number of aryl methyl sites for hydroxylation is 1. The van der Waals surface area contributed by atoms with Crippen LogP contribution in [0.25, 0.3) is 10.9 Å². The summed E-state index contributed by atoms with van der Waals surface area (Å²) in [6, 6.07) is 15.1. The highest BCUT2D eigenvalue weighted by Crippen LogP contribution is 2.48. The topological polar surface area (TPSA) is 54.7 Å². The van der Waals surface area contributed by atoms with Gasteiger partial charge in [-0.25, -0.2) is 4.99 Å². The summed E-state index contributed by atoms with van der Waals surface area (Å²) in [6.45, 7) is 4.83. The number of hydrogen-bond acceptors (Lipinski definition) is 4. The van der Waals surface area contributed by atoms with Crippen LogP contribution in [0.1, 0.15) is 31.5 Å². The van der Waals surface area contributed by atoms with Crippen molar-refractivity contribution in [2.45, 2.75) is 44.4 Å². The third-order valence-electron chi connectivity index (χ3n) is 6.23. The molecule has 1 N–H and O–H groups in total. The molecule has 0 fully saturated rings. The van der Waals surface area contributed by atoms with Gasteiger partial charge in [-0.3, -0.25) is 4.98 Å². The number of pyridine rings is 1. The number of alkyl halides is 3. The lowest BCUT2D eigenvalue weighted by Crippen LogP contribution is -2.59. The molecule has 0 amide bonds. The number of fused-ring (bicyclic) bond motifs is 2. The number of aliphatic hydroxyl groups is 1. The molecule has 1 aliphatic heterocycles. The minimum atomic E-state index is -4.85. The Morgan fingerprint density at radius 2 is 1.84 bits per heavy atom. The number of aliphatic imine (C=N–C) groups is 1. The SMILES string of the molecule is Cc1ccc2c(N=C(C(F)(F)F)C(C)(O)C3(C)CCOc4ccccc43)cccc2n1. The van der Waals surface area contributed by atoms with Gasteiger partial charge in [0, 0.05) is 22.1 Å². The monoisotopic (exact) mass is 428 g/mol. The van der Waals surface area contributed by atoms with Gasteiger partial charge in [-0.05, 0) is 50.6 Å². The number of halogens is 3. The van der Waals surface area contributed by atoms with E-state index in [4.69, 9.17) is 4.74 Å². The quantitative estimate of drug-likeness (QED) is 0.547. The van der Waals surface area contributed by atoms with Crippen LogP contribution in [0.4, 0.5) is 18.9 Å². The summed E-state index contributed by atoms with van der Waals surface area (Å²) in [5, 5.41) is 12.0. The van der Waals surface area contributed by atoms with E-state index in [-0.39, 0.29) is 18.7 Å². The smallest absolute Gasteiger partial charge is 0.432 e. The molecule has 2 heterocycles. The van der Waals surface area contributed by atoms with Crippen LogP contribution in [0.15, 0.2) is 59.6 Å². The first kappa shape index (κ1) is 21.3. The lowest BCUT2D eigenvalue weighted by molar-refractivity contribution is -0.0841. The molecule has 4 rings (SSSR count). The van der Waals surface area contributed by atoms with E-state index in [1.807, 2.05) is 6.92 Å². The normalized spacial score (nSPS) is 21.3. The number of ether oxygens (including phenoxy) is 1. The van der Waals surface area contributed by atoms with E-state index >= 15 is 0 Å². The van der Waals surface area contributed by atoms with Gasteiger partial charge in [-0.15, -0.1) is 0 Å². The fraction of sp³-hybridized carbons (Fsp3) is 0.333. The molecule has 1 aromatic heterocycles. The summed E-state index contributed by atoms with van der Waals surface area (Å²) in [6.07, 6.45) is -4.64. The van der Waals surface area contributed by atoms with E-state index in [2.05, 4.69) is 9.98 Å². The number of benzene rings is 2. The van der Waals surface area contributed by atoms with Crippen molar-refractivity contribution in [1.29, 1.82) is 0 Å². The van der Waals surface area contributed by atoms with Gasteiger partial charge < -0.3 is 9.84 Å². The van der Waals surface area contributed by atoms with Crippen molar-refractivity contribution in [2.24, 2.45) is 4.99 Å². The zero-order chi connectivity index (χ0) is 22.4. The van der Waals surface area contributed by atoms with Gasteiger partial charge in [0.15, 0.2) is 5.71 Å². The molecule has 0 bridgehead atoms. The molecule has 2 atom stereocenters. The molecule has 0 aliphatic carbocycles. The molecule has 31 heavy (non-hydrogen) atoms. The van der Waals surface area contributed by atoms with Gasteiger partial charge in [0.25, 0.3) is 0 Å². The standard InChI is InChI=1S/C24H23F3N2O2/c1-15-11-12-16-18(28-15)8-6-9-19(16)29-21(24(25,26)27)23(3,30)22(2)13-14-31-20-10-5-4-7-17(20)22/h4-12,30H,13-14H2,1-3H3. The van der Waals surface area contributed by atoms with Crippen molar-refractivity contribution >= 4 is 22.3 Å². The number of aromatic nitrogens is 1. The van der Waals surface area contributed by atoms with Crippen molar-refractivity contribution in [1.82, 2.24) is 4.98 Å². The predicted molar refractivity (Wildman–Crippen MR) is 114 cm³/mol. The van der Waals surface area contributed by atoms with Crippen molar-refractivity contribution in [3.8, 4) is 5.75 Å². The summed E-state index contributed by atoms with van der Waals surface area (Å²) < 4.78 is 48.6. The van der Waals surface area contributed by atoms with E-state index in [9.17, 15) is 18.3 Å². The molecule has 0 spiro atoms. The first-order chi connectivity index (χ1) is 14.5. The van der Waals surface area contributed by atoms with E-state index in [1.54, 1.807) is 55.5 Å². The molecule has 0 saturated carbocycles. The maximum atomic E-state index is 14.3. The fourth-order valence-electron chi connectivity index (χ4n) is 4.22. The van der Waals surface area contributed by atoms with Crippen LogP contribution in [0, 0.1) is 6.92 Å². The first-order valence-corrected chi connectivity index (χ1v) is 10.0. The molecular formula is C24H23F3N2O2. The van der Waals surface area contributed by atoms with Crippen LogP contribution in [0.2, 0.25) is 0 Å². The number of nitrogens with zero attached hydrogens (tertiary/aromatic N) is 2. The molecule has 7 heteroatoms. The fourth-order valence-corrected chi connectivity index (χ4v) is 4.22. The Morgan fingerprint density at radius 1 is 1.10 bits per heavy atom. The van der Waals surface area contributed by atoms with Crippen LogP contribution in [-0.2, 0) is 5.41 Å². The van der Waals surface area contributed by atoms with Crippen molar-refractivity contribution in [2.75, 3.05) is 6.61 Å². The zero-order valence-electron chi connectivity index (χ0n) is 17.5. The molecule has 0 saturated heterocycles. The summed E-state index contributed by atoms with van der Waals surface area (Å²) >= 11 is 0. The minimum Gasteiger partial charge on any atom is -0.493 e. The predicted octanol–water partition coefficient (Wildman–Crippen LogP) is 5.67. The first-order valence-electron chi connectivity index (χ1n) is 10.0. The molecule has 4 nitrogen and oxygen atoms in total. The van der Waals surface area contributed by atoms with Gasteiger partial charge in [0.05, 0.1) is 17.8 Å². The molecule has 162 valence electrons. The highest BCUT2D eigenvalue weighted by Gasteiger charge is 2.58. The maximum absolute atomic E-state index is 14.3. The van der Waals surface area contributed by atoms with Gasteiger partial charge >= 0.3 is 6.18 Å². The Morgan fingerprint density at radius 3 is 2.58 bits per heavy atom. The number of para-hydroxylation sites is 1. The largest absolute Gasteiger partial charge is 0.493 e. The second-order valence-electron chi connectivity index (χ2n) is 8.25. The Bertz CT molecular complexity index is 1170. The van der Waals surface area contributed by atoms with Gasteiger partial charge in [0.2, 0.25) is 0 Å². The molecular weight excluding hydrogens is 405 g/mol. The second-order valence-corrected chi connectivity index (χ2v) is 8.25. The van der Waals surface area contributed by atoms with E-state index in [0.717, 1.165) is 5.69 Å². The lowest BCUT2D eigenvalue weighted by atomic mass is 9.64. The van der Waals surface area contributed by atoms with E-state index in [0.29, 0.717) is 22.2 Å². The molecule has 2 unspecified atom stereocenters. The summed E-state index contributed by atoms with van der Waals surface area (Å²) in [4.78, 5) is 8.39. The third kappa shape index (κ3) is 3.57. The van der Waals surface area contributed by atoms with Crippen molar-refractivity contribution < 1.29 is 23.0 Å². The molecule has 0 radical (unpaired) electrons. The molecule has 2 aromatic carbocycles. The Hall–Kier alpha value is -2.93. The van der Waals surface area contributed by atoms with Gasteiger partial charge in [0.1, 0.15) is 11.4 Å². The third-order valence-corrected chi connectivity index (χ3v) is 6.23. The molecule has 3 aromatic rings. The minimum absolute atomic E-state index is 0.113. The Labute approximate surface area is 178 Å². The summed E-state index contributed by atoms with van der Waals surface area (Å²) in [7, 11) is 0. The van der Waals surface area contributed by atoms with Crippen LogP contribution in [0.3, 0.4) is 0 Å². The average molecular weight is 428 g/mol. The van der Waals surface area contributed by atoms with Crippen molar-refractivity contribution in [3.05, 3.63) is 65.9 Å². The van der Waals surface area contributed by atoms with Gasteiger partial charge in [-0.2, -0.15) is 13.2 Å². The molecule has 1 aliphatic rings. The van der Waals surface area contributed by atoms with E-state index < -0.39 is 22.9 Å². The van der Waals surface area contributed by atoms with Crippen LogP contribution in [0.5, 0.6) is 5.75 Å². The second kappa shape index (κ2) is 7.34. The van der Waals surface area contributed by atoms with Crippen LogP contribution in [-0.4, -0.2) is 34.2 Å². The van der Waals surface area contributed by atoms with Crippen molar-refractivity contribution in [3.63, 3.8) is 0 Å². The zero-order valence-corrected chi connectivity index (χ0v) is 17.5. The number of hydrogen-bond donors (Lipinski definition) is 1. The highest BCUT2D eigenvalue weighted by atomic mass is 19.4. The lowest BCUT2D eigenvalue weighted by Gasteiger charge is -2.46. The van der Waals surface area contributed by atoms with E-state index in [1.165, 1.54) is 13.0 Å². The Kier molecular flexibility index (Phi) is 5.04. The maximum Gasteiger partial charge on any atom is 0.432 e. The Balaban J connectivity index is 1.92.